The smallest absolute Gasteiger partial charge is 0.226 e. The van der Waals surface area contributed by atoms with Crippen molar-refractivity contribution in [3.8, 4) is 5.75 Å². The molecule has 5 nitrogen and oxygen atoms in total. The van der Waals surface area contributed by atoms with Crippen molar-refractivity contribution in [3.63, 3.8) is 0 Å². The van der Waals surface area contributed by atoms with Crippen LogP contribution in [-0.2, 0) is 4.79 Å². The van der Waals surface area contributed by atoms with Crippen LogP contribution in [0.2, 0.25) is 0 Å². The van der Waals surface area contributed by atoms with E-state index in [1.165, 1.54) is 5.56 Å². The van der Waals surface area contributed by atoms with Gasteiger partial charge in [0.1, 0.15) is 5.75 Å². The molecule has 1 aliphatic heterocycles. The average Bonchev–Trinajstić information content (AvgIpc) is 3.61. The lowest BCUT2D eigenvalue weighted by Crippen LogP contribution is -2.41. The molecule has 4 rings (SSSR count). The highest BCUT2D eigenvalue weighted by Crippen LogP contribution is 2.49. The summed E-state index contributed by atoms with van der Waals surface area (Å²) in [7, 11) is 3.63. The van der Waals surface area contributed by atoms with E-state index in [0.29, 0.717) is 18.4 Å². The second-order valence-electron chi connectivity index (χ2n) is 9.11. The number of rotatable bonds is 8. The number of carbonyl (C=O) groups excluding carboxylic acids is 1. The zero-order valence-electron chi connectivity index (χ0n) is 18.6. The Morgan fingerprint density at radius 1 is 1.16 bits per heavy atom. The second-order valence-corrected chi connectivity index (χ2v) is 9.11. The molecule has 1 heterocycles. The van der Waals surface area contributed by atoms with Gasteiger partial charge in [0.2, 0.25) is 5.91 Å². The van der Waals surface area contributed by atoms with Crippen LogP contribution in [0.25, 0.3) is 0 Å². The number of carbonyl (C=O) groups is 1. The Morgan fingerprint density at radius 2 is 1.90 bits per heavy atom. The van der Waals surface area contributed by atoms with Crippen LogP contribution >= 0.6 is 0 Å². The molecule has 2 aliphatic rings. The summed E-state index contributed by atoms with van der Waals surface area (Å²) in [6.07, 6.45) is 2.64. The van der Waals surface area contributed by atoms with Crippen molar-refractivity contribution < 1.29 is 14.6 Å². The van der Waals surface area contributed by atoms with E-state index < -0.39 is 6.10 Å². The van der Waals surface area contributed by atoms with Gasteiger partial charge in [-0.05, 0) is 67.4 Å². The van der Waals surface area contributed by atoms with E-state index in [9.17, 15) is 9.90 Å². The van der Waals surface area contributed by atoms with E-state index >= 15 is 0 Å². The molecule has 2 aromatic carbocycles. The number of likely N-dealkylation sites (tertiary alicyclic amines) is 1. The summed E-state index contributed by atoms with van der Waals surface area (Å²) in [5.74, 6) is 2.10. The van der Waals surface area contributed by atoms with Gasteiger partial charge < -0.3 is 19.6 Å². The molecule has 3 atom stereocenters. The van der Waals surface area contributed by atoms with Gasteiger partial charge in [-0.25, -0.2) is 0 Å². The minimum Gasteiger partial charge on any atom is -0.497 e. The lowest BCUT2D eigenvalue weighted by Gasteiger charge is -2.35. The van der Waals surface area contributed by atoms with Gasteiger partial charge in [0.05, 0.1) is 13.2 Å². The topological polar surface area (TPSA) is 53.0 Å². The van der Waals surface area contributed by atoms with E-state index in [1.807, 2.05) is 54.4 Å². The van der Waals surface area contributed by atoms with Crippen LogP contribution in [0.4, 0.5) is 0 Å². The minimum atomic E-state index is -0.439. The van der Waals surface area contributed by atoms with Crippen LogP contribution in [0, 0.1) is 11.8 Å². The molecular weight excluding hydrogens is 388 g/mol. The molecular formula is C26H34N2O3. The van der Waals surface area contributed by atoms with Gasteiger partial charge in [0.25, 0.3) is 0 Å². The molecule has 31 heavy (non-hydrogen) atoms. The number of β-amino-alcohol motifs (C(OH)–C–C–N with tert-alkyl or cyclic N) is 1. The van der Waals surface area contributed by atoms with Crippen LogP contribution in [0.1, 0.15) is 42.4 Å². The largest absolute Gasteiger partial charge is 0.497 e. The van der Waals surface area contributed by atoms with Crippen molar-refractivity contribution >= 4 is 5.91 Å². The molecule has 0 radical (unpaired) electrons. The lowest BCUT2D eigenvalue weighted by molar-refractivity contribution is -0.132. The summed E-state index contributed by atoms with van der Waals surface area (Å²) < 4.78 is 5.32. The highest BCUT2D eigenvalue weighted by molar-refractivity contribution is 5.82. The molecule has 1 N–H and O–H groups in total. The summed E-state index contributed by atoms with van der Waals surface area (Å²) >= 11 is 0. The Kier molecular flexibility index (Phi) is 6.93. The summed E-state index contributed by atoms with van der Waals surface area (Å²) in [5, 5.41) is 10.5. The molecule has 0 spiro atoms. The number of ether oxygens (including phenoxy) is 1. The van der Waals surface area contributed by atoms with E-state index in [0.717, 1.165) is 50.2 Å². The molecule has 0 bridgehead atoms. The molecule has 0 unspecified atom stereocenters. The number of nitrogens with zero attached hydrogens (tertiary/aromatic N) is 2. The maximum atomic E-state index is 12.9. The first-order valence-electron chi connectivity index (χ1n) is 11.4. The van der Waals surface area contributed by atoms with E-state index in [2.05, 4.69) is 17.0 Å². The van der Waals surface area contributed by atoms with Crippen LogP contribution < -0.4 is 4.74 Å². The normalized spacial score (nSPS) is 22.7. The maximum absolute atomic E-state index is 12.9. The van der Waals surface area contributed by atoms with Crippen molar-refractivity contribution in [1.82, 2.24) is 9.80 Å². The number of benzene rings is 2. The number of methoxy groups -OCH3 is 1. The molecule has 166 valence electrons. The number of hydrogen-bond acceptors (Lipinski definition) is 4. The summed E-state index contributed by atoms with van der Waals surface area (Å²) in [4.78, 5) is 17.2. The number of aliphatic hydroxyl groups excluding tert-OH is 1. The second kappa shape index (κ2) is 9.84. The number of piperidine rings is 1. The van der Waals surface area contributed by atoms with Gasteiger partial charge in [-0.1, -0.05) is 42.5 Å². The first-order chi connectivity index (χ1) is 15.0. The number of hydrogen-bond donors (Lipinski definition) is 1. The van der Waals surface area contributed by atoms with E-state index in [1.54, 1.807) is 7.11 Å². The van der Waals surface area contributed by atoms with Gasteiger partial charge in [-0.3, -0.25) is 4.79 Å². The maximum Gasteiger partial charge on any atom is 0.226 e. The van der Waals surface area contributed by atoms with Gasteiger partial charge in [-0.15, -0.1) is 0 Å². The number of aliphatic hydroxyl groups is 1. The molecule has 2 fully saturated rings. The van der Waals surface area contributed by atoms with Gasteiger partial charge in [0, 0.05) is 26.1 Å². The predicted octanol–water partition coefficient (Wildman–Crippen LogP) is 3.70. The van der Waals surface area contributed by atoms with Crippen LogP contribution in [0.3, 0.4) is 0 Å². The molecule has 0 aromatic heterocycles. The first-order valence-corrected chi connectivity index (χ1v) is 11.4. The zero-order valence-corrected chi connectivity index (χ0v) is 18.6. The van der Waals surface area contributed by atoms with Crippen LogP contribution in [0.15, 0.2) is 54.6 Å². The van der Waals surface area contributed by atoms with Crippen molar-refractivity contribution in [1.29, 1.82) is 0 Å². The van der Waals surface area contributed by atoms with Crippen LogP contribution in [0.5, 0.6) is 5.75 Å². The molecule has 1 saturated heterocycles. The van der Waals surface area contributed by atoms with E-state index in [4.69, 9.17) is 4.74 Å². The lowest BCUT2D eigenvalue weighted by atomic mass is 9.95. The van der Waals surface area contributed by atoms with Crippen LogP contribution in [-0.4, -0.2) is 61.2 Å². The Balaban J connectivity index is 1.21. The molecule has 1 aliphatic carbocycles. The Labute approximate surface area is 185 Å². The quantitative estimate of drug-likeness (QED) is 0.705. The molecule has 2 aromatic rings. The van der Waals surface area contributed by atoms with Crippen molar-refractivity contribution in [2.75, 3.05) is 40.3 Å². The van der Waals surface area contributed by atoms with E-state index in [-0.39, 0.29) is 11.8 Å². The Hall–Kier alpha value is -2.37. The third-order valence-electron chi connectivity index (χ3n) is 6.86. The van der Waals surface area contributed by atoms with Crippen molar-refractivity contribution in [2.24, 2.45) is 11.8 Å². The summed E-state index contributed by atoms with van der Waals surface area (Å²) in [6.45, 7) is 3.46. The highest BCUT2D eigenvalue weighted by atomic mass is 16.5. The average molecular weight is 423 g/mol. The van der Waals surface area contributed by atoms with Gasteiger partial charge in [-0.2, -0.15) is 0 Å². The standard InChI is InChI=1S/C26H34N2O3/c1-27(26(30)24-16-23(24)21-9-6-10-22(15-21)31-2)17-19-11-13-28(14-12-19)18-25(29)20-7-4-3-5-8-20/h3-10,15,19,23-25,29H,11-14,16-18H2,1-2H3/t23-,24+,25-/m0/s1. The minimum absolute atomic E-state index is 0.109. The third-order valence-corrected chi connectivity index (χ3v) is 6.86. The fraction of sp³-hybridized carbons (Fsp3) is 0.500. The molecule has 1 amide bonds. The summed E-state index contributed by atoms with van der Waals surface area (Å²) in [5.41, 5.74) is 2.18. The Bertz CT molecular complexity index is 864. The van der Waals surface area contributed by atoms with Crippen molar-refractivity contribution in [2.45, 2.75) is 31.3 Å². The first kappa shape index (κ1) is 21.8. The zero-order chi connectivity index (χ0) is 21.8. The van der Waals surface area contributed by atoms with Gasteiger partial charge >= 0.3 is 0 Å². The van der Waals surface area contributed by atoms with Crippen molar-refractivity contribution in [3.05, 3.63) is 65.7 Å². The summed E-state index contributed by atoms with van der Waals surface area (Å²) in [6, 6.07) is 18.0. The fourth-order valence-corrected chi connectivity index (χ4v) is 4.85. The third kappa shape index (κ3) is 5.46. The predicted molar refractivity (Wildman–Crippen MR) is 122 cm³/mol. The highest BCUT2D eigenvalue weighted by Gasteiger charge is 2.45. The number of amides is 1. The molecule has 1 saturated carbocycles. The molecule has 5 heteroatoms. The fourth-order valence-electron chi connectivity index (χ4n) is 4.85. The Morgan fingerprint density at radius 3 is 2.61 bits per heavy atom. The monoisotopic (exact) mass is 422 g/mol. The van der Waals surface area contributed by atoms with Gasteiger partial charge in [0.15, 0.2) is 0 Å². The SMILES string of the molecule is COc1cccc([C@@H]2C[C@H]2C(=O)N(C)CC2CCN(C[C@H](O)c3ccccc3)CC2)c1.